The Morgan fingerprint density at radius 2 is 1.33 bits per heavy atom. The zero-order valence-electron chi connectivity index (χ0n) is 28.1. The van der Waals surface area contributed by atoms with Crippen molar-refractivity contribution in [1.29, 1.82) is 0 Å². The van der Waals surface area contributed by atoms with Crippen LogP contribution < -0.4 is 16.0 Å². The third kappa shape index (κ3) is 11.1. The van der Waals surface area contributed by atoms with E-state index in [1.807, 2.05) is 26.8 Å². The Morgan fingerprint density at radius 3 is 1.91 bits per heavy atom. The molecular formula is C33H55ClN6O5. The van der Waals surface area contributed by atoms with Crippen LogP contribution in [-0.4, -0.2) is 71.5 Å². The second-order valence-electron chi connectivity index (χ2n) is 14.4. The topological polar surface area (TPSA) is 135 Å². The predicted octanol–water partition coefficient (Wildman–Crippen LogP) is 6.20. The van der Waals surface area contributed by atoms with E-state index < -0.39 is 0 Å². The van der Waals surface area contributed by atoms with E-state index in [0.717, 1.165) is 82.8 Å². The highest BCUT2D eigenvalue weighted by Crippen LogP contribution is 2.28. The fourth-order valence-electron chi connectivity index (χ4n) is 5.92. The first-order valence-electron chi connectivity index (χ1n) is 16.5. The molecule has 2 amide bonds. The lowest BCUT2D eigenvalue weighted by molar-refractivity contribution is -0.123. The molecule has 5 heterocycles. The molecule has 0 saturated carbocycles. The van der Waals surface area contributed by atoms with Gasteiger partial charge >= 0.3 is 0 Å². The van der Waals surface area contributed by atoms with Gasteiger partial charge in [-0.25, -0.2) is 0 Å². The quantitative estimate of drug-likeness (QED) is 0.346. The number of halogens is 1. The Kier molecular flexibility index (Phi) is 13.9. The molecule has 3 fully saturated rings. The van der Waals surface area contributed by atoms with Gasteiger partial charge in [0.25, 0.3) is 0 Å². The number of anilines is 2. The van der Waals surface area contributed by atoms with Gasteiger partial charge in [-0.2, -0.15) is 0 Å². The van der Waals surface area contributed by atoms with Gasteiger partial charge in [0.2, 0.25) is 11.8 Å². The smallest absolute Gasteiger partial charge is 0.242 e. The molecule has 0 bridgehead atoms. The lowest BCUT2D eigenvalue weighted by Gasteiger charge is -2.38. The molecule has 254 valence electrons. The Labute approximate surface area is 274 Å². The Bertz CT molecular complexity index is 1190. The van der Waals surface area contributed by atoms with Crippen LogP contribution >= 0.6 is 12.4 Å². The van der Waals surface area contributed by atoms with Crippen LogP contribution in [0.3, 0.4) is 0 Å². The number of ether oxygens (including phenoxy) is 1. The molecule has 3 N–H and O–H groups in total. The van der Waals surface area contributed by atoms with Crippen LogP contribution in [0.15, 0.2) is 21.2 Å². The number of rotatable bonds is 5. The molecule has 12 heteroatoms. The zero-order valence-corrected chi connectivity index (χ0v) is 28.9. The minimum Gasteiger partial charge on any atom is -0.381 e. The average molecular weight is 651 g/mol. The van der Waals surface area contributed by atoms with Crippen molar-refractivity contribution in [3.8, 4) is 0 Å². The monoisotopic (exact) mass is 650 g/mol. The number of aromatic nitrogens is 2. The van der Waals surface area contributed by atoms with Crippen molar-refractivity contribution >= 4 is 35.9 Å². The van der Waals surface area contributed by atoms with Crippen molar-refractivity contribution in [3.05, 3.63) is 23.7 Å². The molecule has 2 aromatic rings. The standard InChI is InChI=1S/C19H31N3O3.C14H23N3O2.ClH/c1-19(2,3)16-13-17(21-25-16)20-18(23)15-7-5-4-6-10-22(15)14-8-11-24-12-9-14;1-14(2,3)11-9-12(17-19-11)16-13(18)10-7-5-4-6-8-15-10;/h13-15H,4-12H2,1-3H3,(H,20,21,23);9-10,15H,4-8H2,1-3H3,(H,16,17,18);1H/t15-;10-;/m00./s1. The molecule has 45 heavy (non-hydrogen) atoms. The summed E-state index contributed by atoms with van der Waals surface area (Å²) in [5, 5.41) is 17.0. The number of nitrogens with one attached hydrogen (secondary N) is 3. The summed E-state index contributed by atoms with van der Waals surface area (Å²) in [5.41, 5.74) is -0.219. The molecule has 0 aliphatic carbocycles. The maximum absolute atomic E-state index is 13.0. The third-order valence-electron chi connectivity index (χ3n) is 8.63. The van der Waals surface area contributed by atoms with Crippen LogP contribution in [0.5, 0.6) is 0 Å². The molecule has 2 atom stereocenters. The highest BCUT2D eigenvalue weighted by atomic mass is 35.5. The lowest BCUT2D eigenvalue weighted by Crippen LogP contribution is -2.50. The van der Waals surface area contributed by atoms with Crippen LogP contribution in [0.1, 0.15) is 117 Å². The van der Waals surface area contributed by atoms with Gasteiger partial charge in [-0.3, -0.25) is 14.5 Å². The number of nitrogens with zero attached hydrogens (tertiary/aromatic N) is 3. The number of hydrogen-bond acceptors (Lipinski definition) is 9. The molecule has 3 saturated heterocycles. The summed E-state index contributed by atoms with van der Waals surface area (Å²) in [6.07, 6.45) is 10.7. The largest absolute Gasteiger partial charge is 0.381 e. The van der Waals surface area contributed by atoms with Crippen LogP contribution in [0, 0.1) is 0 Å². The van der Waals surface area contributed by atoms with Gasteiger partial charge in [0.15, 0.2) is 11.6 Å². The molecule has 0 spiro atoms. The summed E-state index contributed by atoms with van der Waals surface area (Å²) in [4.78, 5) is 27.5. The number of amides is 2. The van der Waals surface area contributed by atoms with E-state index >= 15 is 0 Å². The van der Waals surface area contributed by atoms with Gasteiger partial charge in [-0.05, 0) is 51.6 Å². The van der Waals surface area contributed by atoms with Crippen molar-refractivity contribution in [1.82, 2.24) is 20.5 Å². The van der Waals surface area contributed by atoms with E-state index in [9.17, 15) is 9.59 Å². The lowest BCUT2D eigenvalue weighted by atomic mass is 9.93. The summed E-state index contributed by atoms with van der Waals surface area (Å²) in [6.45, 7) is 15.8. The average Bonchev–Trinajstić information content (AvgIpc) is 3.47. The highest BCUT2D eigenvalue weighted by molar-refractivity contribution is 5.94. The third-order valence-corrected chi connectivity index (χ3v) is 8.63. The number of carbonyl (C=O) groups excluding carboxylic acids is 2. The van der Waals surface area contributed by atoms with Gasteiger partial charge in [0.05, 0.1) is 12.1 Å². The number of carbonyl (C=O) groups is 2. The van der Waals surface area contributed by atoms with E-state index in [0.29, 0.717) is 17.7 Å². The highest BCUT2D eigenvalue weighted by Gasteiger charge is 2.34. The maximum Gasteiger partial charge on any atom is 0.242 e. The van der Waals surface area contributed by atoms with Crippen LogP contribution in [-0.2, 0) is 25.2 Å². The van der Waals surface area contributed by atoms with Gasteiger partial charge in [0.1, 0.15) is 11.5 Å². The second-order valence-corrected chi connectivity index (χ2v) is 14.4. The second kappa shape index (κ2) is 16.9. The molecule has 11 nitrogen and oxygen atoms in total. The van der Waals surface area contributed by atoms with Crippen molar-refractivity contribution < 1.29 is 23.4 Å². The first-order chi connectivity index (χ1) is 20.9. The van der Waals surface area contributed by atoms with E-state index in [-0.39, 0.29) is 47.1 Å². The summed E-state index contributed by atoms with van der Waals surface area (Å²) >= 11 is 0. The predicted molar refractivity (Wildman–Crippen MR) is 178 cm³/mol. The van der Waals surface area contributed by atoms with Crippen molar-refractivity contribution in [2.24, 2.45) is 0 Å². The Balaban J connectivity index is 0.000000249. The molecule has 0 aromatic carbocycles. The van der Waals surface area contributed by atoms with Crippen molar-refractivity contribution in [2.45, 2.75) is 135 Å². The van der Waals surface area contributed by atoms with Crippen LogP contribution in [0.2, 0.25) is 0 Å². The van der Waals surface area contributed by atoms with E-state index in [1.54, 1.807) is 6.07 Å². The molecule has 2 aromatic heterocycles. The van der Waals surface area contributed by atoms with Gasteiger partial charge in [-0.1, -0.05) is 77.5 Å². The summed E-state index contributed by atoms with van der Waals surface area (Å²) < 4.78 is 16.1. The van der Waals surface area contributed by atoms with E-state index in [1.165, 1.54) is 19.3 Å². The number of hydrogen-bond donors (Lipinski definition) is 3. The summed E-state index contributed by atoms with van der Waals surface area (Å²) in [7, 11) is 0. The fraction of sp³-hybridized carbons (Fsp3) is 0.758. The Morgan fingerprint density at radius 1 is 0.778 bits per heavy atom. The summed E-state index contributed by atoms with van der Waals surface area (Å²) in [5.74, 6) is 2.60. The maximum atomic E-state index is 13.0. The van der Waals surface area contributed by atoms with Gasteiger partial charge in [0, 0.05) is 42.2 Å². The van der Waals surface area contributed by atoms with E-state index in [4.69, 9.17) is 13.8 Å². The first-order valence-corrected chi connectivity index (χ1v) is 16.5. The molecule has 0 unspecified atom stereocenters. The Hall–Kier alpha value is -2.47. The minimum absolute atomic E-state index is 0. The van der Waals surface area contributed by atoms with E-state index in [2.05, 4.69) is 51.9 Å². The van der Waals surface area contributed by atoms with Gasteiger partial charge < -0.3 is 29.7 Å². The molecular weight excluding hydrogens is 596 g/mol. The SMILES string of the molecule is CC(C)(C)c1cc(NC(=O)[C@@H]2CCCCCN2)no1.CC(C)(C)c1cc(NC(=O)[C@@H]2CCCCCN2C2CCOCC2)no1.Cl. The zero-order chi connectivity index (χ0) is 31.7. The van der Waals surface area contributed by atoms with Gasteiger partial charge in [-0.15, -0.1) is 12.4 Å². The normalized spacial score (nSPS) is 22.2. The minimum atomic E-state index is -0.119. The number of likely N-dealkylation sites (tertiary alicyclic amines) is 1. The van der Waals surface area contributed by atoms with Crippen LogP contribution in [0.4, 0.5) is 11.6 Å². The van der Waals surface area contributed by atoms with Crippen LogP contribution in [0.25, 0.3) is 0 Å². The summed E-state index contributed by atoms with van der Waals surface area (Å²) in [6, 6.07) is 3.89. The van der Waals surface area contributed by atoms with Crippen molar-refractivity contribution in [2.75, 3.05) is 36.9 Å². The molecule has 0 radical (unpaired) electrons. The molecule has 3 aliphatic rings. The fourth-order valence-corrected chi connectivity index (χ4v) is 5.92. The van der Waals surface area contributed by atoms with Crippen molar-refractivity contribution in [3.63, 3.8) is 0 Å². The first kappa shape index (κ1) is 37.0. The molecule has 3 aliphatic heterocycles. The molecule has 5 rings (SSSR count).